The van der Waals surface area contributed by atoms with Crippen molar-refractivity contribution in [3.05, 3.63) is 0 Å². The third kappa shape index (κ3) is 18.5. The van der Waals surface area contributed by atoms with Crippen molar-refractivity contribution in [2.75, 3.05) is 48.1 Å². The normalized spacial score (nSPS) is 15.9. The smallest absolute Gasteiger partial charge is 0.324 e. The number of likely N-dealkylation sites (N-methyl/N-ethyl adjacent to an activating group) is 5. The lowest BCUT2D eigenvalue weighted by Crippen LogP contribution is -2.69. The van der Waals surface area contributed by atoms with Crippen LogP contribution in [0, 0.1) is 23.7 Å². The van der Waals surface area contributed by atoms with Crippen molar-refractivity contribution in [1.29, 1.82) is 0 Å². The fraction of sp³-hybridized carbons (Fsp3) is 0.809. The molecule has 19 nitrogen and oxygen atoms in total. The van der Waals surface area contributed by atoms with Crippen LogP contribution in [0.3, 0.4) is 0 Å². The molecule has 0 bridgehead atoms. The number of aldehydes is 1. The first-order valence-electron chi connectivity index (χ1n) is 23.4. The summed E-state index contributed by atoms with van der Waals surface area (Å²) in [7, 11) is 8.63. The maximum Gasteiger partial charge on any atom is 0.324 e. The van der Waals surface area contributed by atoms with E-state index in [1.54, 1.807) is 34.7 Å². The van der Waals surface area contributed by atoms with Gasteiger partial charge in [-0.2, -0.15) is 11.8 Å². The first kappa shape index (κ1) is 63.0. The third-order valence-corrected chi connectivity index (χ3v) is 13.4. The number of methoxy groups -OCH3 is 1. The number of nitrogens with zero attached hydrogens (tertiary/aromatic N) is 4. The van der Waals surface area contributed by atoms with Crippen molar-refractivity contribution >= 4 is 65.4 Å². The maximum absolute atomic E-state index is 14.8. The highest BCUT2D eigenvalue weighted by Crippen LogP contribution is 2.31. The molecule has 386 valence electrons. The van der Waals surface area contributed by atoms with Crippen molar-refractivity contribution in [2.45, 2.75) is 175 Å². The zero-order valence-corrected chi connectivity index (χ0v) is 44.8. The zero-order valence-electron chi connectivity index (χ0n) is 44.0. The molecule has 0 aromatic rings. The van der Waals surface area contributed by atoms with Gasteiger partial charge in [-0.1, -0.05) is 62.3 Å². The first-order chi connectivity index (χ1) is 30.8. The standard InChI is InChI=1S/C47H87N9O10S/c1-20-21-36(58)53(15)35(25-67-46(12,13)38(48)45(65)66-19)43(63)56(18)47(26-57,24-29(6)7)52-37(30(8)9)44(64)54(16)34(23-28(4)5)40(60)51-39(59)31(10)50-32(11)41(61)55(17)42(62)33(49-14)22-27(2)3/h26-35,37-38,49-50,52H,20-25,48H2,1-19H3,(H,51,59,60)/t31-,32+,33?,34+,35-,37-,38+,47+/m1/s1. The Morgan fingerprint density at radius 3 is 1.73 bits per heavy atom. The summed E-state index contributed by atoms with van der Waals surface area (Å²) in [5.41, 5.74) is 4.43. The largest absolute Gasteiger partial charge is 0.468 e. The van der Waals surface area contributed by atoms with Crippen molar-refractivity contribution in [1.82, 2.24) is 40.9 Å². The van der Waals surface area contributed by atoms with E-state index in [0.29, 0.717) is 19.1 Å². The summed E-state index contributed by atoms with van der Waals surface area (Å²) in [5.74, 6) is -5.30. The van der Waals surface area contributed by atoms with Crippen LogP contribution < -0.4 is 27.0 Å². The Bertz CT molecular complexity index is 1700. The van der Waals surface area contributed by atoms with Gasteiger partial charge >= 0.3 is 5.97 Å². The molecule has 0 aliphatic heterocycles. The first-order valence-corrected chi connectivity index (χ1v) is 24.4. The molecule has 0 fully saturated rings. The summed E-state index contributed by atoms with van der Waals surface area (Å²) in [4.78, 5) is 128. The number of hydrogen-bond donors (Lipinski definition) is 5. The van der Waals surface area contributed by atoms with Gasteiger partial charge in [0.2, 0.25) is 41.4 Å². The molecule has 0 spiro atoms. The average Bonchev–Trinajstić information content (AvgIpc) is 3.25. The van der Waals surface area contributed by atoms with Crippen LogP contribution in [0.1, 0.15) is 122 Å². The molecule has 0 saturated carbocycles. The second-order valence-electron chi connectivity index (χ2n) is 19.9. The number of ether oxygens (including phenoxy) is 1. The molecule has 0 heterocycles. The zero-order chi connectivity index (χ0) is 52.5. The van der Waals surface area contributed by atoms with Crippen LogP contribution >= 0.6 is 11.8 Å². The van der Waals surface area contributed by atoms with Gasteiger partial charge in [0.15, 0.2) is 11.9 Å². The minimum absolute atomic E-state index is 0.000949. The molecule has 0 aliphatic rings. The summed E-state index contributed by atoms with van der Waals surface area (Å²) < 4.78 is 3.92. The number of esters is 1. The Morgan fingerprint density at radius 2 is 1.28 bits per heavy atom. The number of hydrogen-bond acceptors (Lipinski definition) is 15. The van der Waals surface area contributed by atoms with Gasteiger partial charge in [-0.15, -0.1) is 0 Å². The van der Waals surface area contributed by atoms with Crippen molar-refractivity contribution in [2.24, 2.45) is 29.4 Å². The number of imide groups is 2. The number of nitrogens with two attached hydrogens (primary N) is 1. The van der Waals surface area contributed by atoms with E-state index in [-0.39, 0.29) is 48.7 Å². The highest BCUT2D eigenvalue weighted by atomic mass is 32.2. The molecule has 67 heavy (non-hydrogen) atoms. The van der Waals surface area contributed by atoms with E-state index >= 15 is 0 Å². The topological polar surface area (TPSA) is 250 Å². The maximum atomic E-state index is 14.8. The molecule has 7 amide bonds. The second-order valence-corrected chi connectivity index (χ2v) is 21.5. The number of carbonyl (C=O) groups is 9. The number of carbonyl (C=O) groups excluding carboxylic acids is 9. The average molecular weight is 970 g/mol. The van der Waals surface area contributed by atoms with Crippen molar-refractivity contribution < 1.29 is 47.9 Å². The fourth-order valence-corrected chi connectivity index (χ4v) is 8.76. The molecule has 8 atom stereocenters. The van der Waals surface area contributed by atoms with E-state index in [2.05, 4.69) is 21.3 Å². The number of amides is 7. The van der Waals surface area contributed by atoms with Gasteiger partial charge in [0.05, 0.1) is 31.3 Å². The van der Waals surface area contributed by atoms with Gasteiger partial charge in [0, 0.05) is 45.1 Å². The molecule has 0 aromatic heterocycles. The van der Waals surface area contributed by atoms with Crippen LogP contribution in [-0.2, 0) is 47.9 Å². The Hall–Kier alpha value is -3.98. The Kier molecular flexibility index (Phi) is 26.8. The van der Waals surface area contributed by atoms with Crippen LogP contribution in [0.25, 0.3) is 0 Å². The molecule has 6 N–H and O–H groups in total. The molecule has 20 heteroatoms. The van der Waals surface area contributed by atoms with E-state index in [4.69, 9.17) is 10.5 Å². The van der Waals surface area contributed by atoms with Crippen LogP contribution in [-0.4, -0.2) is 174 Å². The van der Waals surface area contributed by atoms with E-state index in [9.17, 15) is 43.2 Å². The van der Waals surface area contributed by atoms with Crippen LogP contribution in [0.4, 0.5) is 0 Å². The summed E-state index contributed by atoms with van der Waals surface area (Å²) in [6, 6.07) is -7.13. The molecule has 0 aromatic carbocycles. The van der Waals surface area contributed by atoms with Gasteiger partial charge in [0.1, 0.15) is 18.1 Å². The van der Waals surface area contributed by atoms with Crippen molar-refractivity contribution in [3.8, 4) is 0 Å². The minimum atomic E-state index is -1.80. The molecule has 0 saturated heterocycles. The summed E-state index contributed by atoms with van der Waals surface area (Å²) in [6.07, 6.45) is 1.97. The predicted octanol–water partition coefficient (Wildman–Crippen LogP) is 2.14. The van der Waals surface area contributed by atoms with Crippen molar-refractivity contribution in [3.63, 3.8) is 0 Å². The lowest BCUT2D eigenvalue weighted by atomic mass is 9.92. The summed E-state index contributed by atoms with van der Waals surface area (Å²) in [6.45, 7) is 23.1. The highest BCUT2D eigenvalue weighted by molar-refractivity contribution is 8.00. The van der Waals surface area contributed by atoms with Gasteiger partial charge in [-0.05, 0) is 84.1 Å². The van der Waals surface area contributed by atoms with Crippen LogP contribution in [0.2, 0.25) is 0 Å². The monoisotopic (exact) mass is 970 g/mol. The van der Waals surface area contributed by atoms with E-state index in [0.717, 1.165) is 4.90 Å². The number of thioether (sulfide) groups is 1. The van der Waals surface area contributed by atoms with Crippen LogP contribution in [0.5, 0.6) is 0 Å². The summed E-state index contributed by atoms with van der Waals surface area (Å²) >= 11 is 1.20. The highest BCUT2D eigenvalue weighted by Gasteiger charge is 2.47. The Labute approximate surface area is 405 Å². The molecule has 0 rings (SSSR count). The third-order valence-electron chi connectivity index (χ3n) is 11.9. The quantitative estimate of drug-likeness (QED) is 0.0410. The molecule has 1 unspecified atom stereocenters. The molecular weight excluding hydrogens is 883 g/mol. The number of rotatable bonds is 29. The predicted molar refractivity (Wildman–Crippen MR) is 262 cm³/mol. The Balaban J connectivity index is 6.83. The van der Waals surface area contributed by atoms with Crippen LogP contribution in [0.15, 0.2) is 0 Å². The second kappa shape index (κ2) is 28.5. The van der Waals surface area contributed by atoms with Gasteiger partial charge in [-0.3, -0.25) is 64.0 Å². The van der Waals surface area contributed by atoms with Gasteiger partial charge < -0.3 is 30.5 Å². The minimum Gasteiger partial charge on any atom is -0.468 e. The molecular formula is C47H87N9O10S. The van der Waals surface area contributed by atoms with E-state index < -0.39 is 100 Å². The van der Waals surface area contributed by atoms with Gasteiger partial charge in [-0.25, -0.2) is 0 Å². The lowest BCUT2D eigenvalue weighted by molar-refractivity contribution is -0.153. The molecule has 0 radical (unpaired) electrons. The van der Waals surface area contributed by atoms with Gasteiger partial charge in [0.25, 0.3) is 0 Å². The molecule has 0 aliphatic carbocycles. The van der Waals surface area contributed by atoms with E-state index in [1.807, 2.05) is 48.5 Å². The lowest BCUT2D eigenvalue weighted by Gasteiger charge is -2.45. The fourth-order valence-electron chi connectivity index (χ4n) is 7.53. The van der Waals surface area contributed by atoms with E-state index in [1.165, 1.54) is 75.6 Å². The number of nitrogens with one attached hydrogen (secondary N) is 4. The Morgan fingerprint density at radius 1 is 0.731 bits per heavy atom. The summed E-state index contributed by atoms with van der Waals surface area (Å²) in [5, 5.41) is 11.4. The SMILES string of the molecule is CCCC(=O)N(C)[C@H](CSC(C)(C)[C@@H](N)C(=O)OC)C(=O)N(C)[C@](C=O)(CC(C)C)N[C@@H](C(=O)N(C)[C@@H](CC(C)C)C(=O)NC(=O)[C@@H](C)N[C@@H](C)C(=O)N(C)C(=O)C(CC(C)C)NC)C(C)C.